The minimum atomic E-state index is -0.297. The Morgan fingerprint density at radius 1 is 0.971 bits per heavy atom. The van der Waals surface area contributed by atoms with E-state index in [2.05, 4.69) is 30.8 Å². The SMILES string of the molecule is O=C(Cc1cccc(Cl)n1)Nc1ccc2c(C(=O)NCc3ccc(-n4nccn4)cc3)ncn2c1. The Kier molecular flexibility index (Phi) is 6.18. The van der Waals surface area contributed by atoms with Crippen LogP contribution in [0.4, 0.5) is 5.69 Å². The number of carbonyl (C=O) groups is 2. The summed E-state index contributed by atoms with van der Waals surface area (Å²) in [5.74, 6) is -0.527. The van der Waals surface area contributed by atoms with Crippen molar-refractivity contribution in [1.29, 1.82) is 0 Å². The number of halogens is 1. The first-order chi connectivity index (χ1) is 17.0. The molecule has 2 N–H and O–H groups in total. The zero-order valence-electron chi connectivity index (χ0n) is 18.3. The second-order valence-corrected chi connectivity index (χ2v) is 8.03. The molecule has 1 aromatic carbocycles. The predicted octanol–water partition coefficient (Wildman–Crippen LogP) is 3.07. The molecular weight excluding hydrogens is 468 g/mol. The predicted molar refractivity (Wildman–Crippen MR) is 129 cm³/mol. The highest BCUT2D eigenvalue weighted by Gasteiger charge is 2.14. The molecule has 35 heavy (non-hydrogen) atoms. The molecule has 5 rings (SSSR count). The molecule has 0 unspecified atom stereocenters. The number of nitrogens with zero attached hydrogens (tertiary/aromatic N) is 6. The number of pyridine rings is 2. The summed E-state index contributed by atoms with van der Waals surface area (Å²) < 4.78 is 1.69. The van der Waals surface area contributed by atoms with Crippen molar-refractivity contribution in [3.05, 3.63) is 102 Å². The molecule has 0 aliphatic heterocycles. The molecule has 0 bridgehead atoms. The van der Waals surface area contributed by atoms with E-state index >= 15 is 0 Å². The van der Waals surface area contributed by atoms with Gasteiger partial charge in [-0.2, -0.15) is 15.0 Å². The number of aromatic nitrogens is 6. The van der Waals surface area contributed by atoms with Crippen molar-refractivity contribution in [3.8, 4) is 5.69 Å². The van der Waals surface area contributed by atoms with Crippen molar-refractivity contribution in [2.45, 2.75) is 13.0 Å². The van der Waals surface area contributed by atoms with Crippen LogP contribution in [0, 0.1) is 0 Å². The van der Waals surface area contributed by atoms with Crippen molar-refractivity contribution in [2.75, 3.05) is 5.32 Å². The fourth-order valence-corrected chi connectivity index (χ4v) is 3.71. The number of anilines is 1. The van der Waals surface area contributed by atoms with Gasteiger partial charge in [0, 0.05) is 12.7 Å². The van der Waals surface area contributed by atoms with Crippen LogP contribution in [-0.2, 0) is 17.8 Å². The topological polar surface area (TPSA) is 119 Å². The molecule has 0 spiro atoms. The number of benzene rings is 1. The van der Waals surface area contributed by atoms with Crippen LogP contribution < -0.4 is 10.6 Å². The lowest BCUT2D eigenvalue weighted by Crippen LogP contribution is -2.23. The van der Waals surface area contributed by atoms with E-state index in [0.29, 0.717) is 34.3 Å². The lowest BCUT2D eigenvalue weighted by atomic mass is 10.2. The van der Waals surface area contributed by atoms with Crippen LogP contribution in [0.3, 0.4) is 0 Å². The van der Waals surface area contributed by atoms with Crippen molar-refractivity contribution >= 4 is 34.6 Å². The van der Waals surface area contributed by atoms with Gasteiger partial charge in [0.2, 0.25) is 5.91 Å². The Hall–Kier alpha value is -4.57. The van der Waals surface area contributed by atoms with E-state index < -0.39 is 0 Å². The van der Waals surface area contributed by atoms with Crippen molar-refractivity contribution in [3.63, 3.8) is 0 Å². The largest absolute Gasteiger partial charge is 0.347 e. The highest BCUT2D eigenvalue weighted by atomic mass is 35.5. The van der Waals surface area contributed by atoms with Gasteiger partial charge in [-0.05, 0) is 42.0 Å². The minimum Gasteiger partial charge on any atom is -0.347 e. The van der Waals surface area contributed by atoms with E-state index in [-0.39, 0.29) is 18.2 Å². The summed E-state index contributed by atoms with van der Waals surface area (Å²) in [5, 5.41) is 14.2. The van der Waals surface area contributed by atoms with Crippen LogP contribution in [0.2, 0.25) is 5.15 Å². The Labute approximate surface area is 204 Å². The number of hydrogen-bond acceptors (Lipinski definition) is 6. The van der Waals surface area contributed by atoms with Crippen LogP contribution in [0.25, 0.3) is 11.2 Å². The zero-order chi connectivity index (χ0) is 24.2. The smallest absolute Gasteiger partial charge is 0.272 e. The molecule has 0 radical (unpaired) electrons. The Morgan fingerprint density at radius 2 is 1.77 bits per heavy atom. The van der Waals surface area contributed by atoms with Crippen LogP contribution in [0.1, 0.15) is 21.7 Å². The van der Waals surface area contributed by atoms with Crippen LogP contribution in [0.15, 0.2) is 79.5 Å². The summed E-state index contributed by atoms with van der Waals surface area (Å²) in [5.41, 5.74) is 3.82. The number of hydrogen-bond donors (Lipinski definition) is 2. The van der Waals surface area contributed by atoms with E-state index in [0.717, 1.165) is 11.3 Å². The zero-order valence-corrected chi connectivity index (χ0v) is 19.1. The lowest BCUT2D eigenvalue weighted by molar-refractivity contribution is -0.115. The number of rotatable bonds is 7. The third kappa shape index (κ3) is 5.17. The van der Waals surface area contributed by atoms with Crippen LogP contribution >= 0.6 is 11.6 Å². The highest BCUT2D eigenvalue weighted by molar-refractivity contribution is 6.29. The molecule has 4 aromatic heterocycles. The molecule has 4 heterocycles. The Bertz CT molecular complexity index is 1500. The maximum absolute atomic E-state index is 12.7. The Morgan fingerprint density at radius 3 is 2.54 bits per heavy atom. The average molecular weight is 487 g/mol. The first kappa shape index (κ1) is 22.2. The summed E-state index contributed by atoms with van der Waals surface area (Å²) in [7, 11) is 0. The van der Waals surface area contributed by atoms with E-state index in [9.17, 15) is 9.59 Å². The van der Waals surface area contributed by atoms with Crippen LogP contribution in [-0.4, -0.2) is 41.2 Å². The quantitative estimate of drug-likeness (QED) is 0.341. The van der Waals surface area contributed by atoms with Gasteiger partial charge in [0.25, 0.3) is 5.91 Å². The molecule has 0 saturated heterocycles. The van der Waals surface area contributed by atoms with Gasteiger partial charge in [-0.25, -0.2) is 9.97 Å². The number of carbonyl (C=O) groups excluding carboxylic acids is 2. The molecule has 174 valence electrons. The molecule has 0 atom stereocenters. The number of amides is 2. The van der Waals surface area contributed by atoms with E-state index in [1.165, 1.54) is 11.1 Å². The molecule has 2 amide bonds. The van der Waals surface area contributed by atoms with Crippen molar-refractivity contribution in [1.82, 2.24) is 34.7 Å². The van der Waals surface area contributed by atoms with Gasteiger partial charge >= 0.3 is 0 Å². The highest BCUT2D eigenvalue weighted by Crippen LogP contribution is 2.16. The van der Waals surface area contributed by atoms with Crippen molar-refractivity contribution in [2.24, 2.45) is 0 Å². The standard InChI is InChI=1S/C24H19ClN8O2/c25-21-3-1-2-17(30-21)12-22(34)31-18-6-9-20-23(27-15-32(20)14-18)24(35)26-13-16-4-7-19(8-5-16)33-28-10-11-29-33/h1-11,14-15H,12-13H2,(H,26,35)(H,31,34). The summed E-state index contributed by atoms with van der Waals surface area (Å²) in [6.45, 7) is 0.344. The molecular formula is C24H19ClN8O2. The lowest BCUT2D eigenvalue weighted by Gasteiger charge is -2.07. The first-order valence-corrected chi connectivity index (χ1v) is 11.0. The normalized spacial score (nSPS) is 10.9. The van der Waals surface area contributed by atoms with Gasteiger partial charge < -0.3 is 15.0 Å². The fourth-order valence-electron chi connectivity index (χ4n) is 3.53. The van der Waals surface area contributed by atoms with E-state index in [4.69, 9.17) is 11.6 Å². The van der Waals surface area contributed by atoms with Gasteiger partial charge in [-0.3, -0.25) is 9.59 Å². The van der Waals surface area contributed by atoms with Crippen molar-refractivity contribution < 1.29 is 9.59 Å². The molecule has 10 nitrogen and oxygen atoms in total. The van der Waals surface area contributed by atoms with Gasteiger partial charge in [-0.1, -0.05) is 29.8 Å². The number of nitrogens with one attached hydrogen (secondary N) is 2. The van der Waals surface area contributed by atoms with Gasteiger partial charge in [0.05, 0.1) is 41.4 Å². The third-order valence-electron chi connectivity index (χ3n) is 5.18. The summed E-state index contributed by atoms with van der Waals surface area (Å²) in [6.07, 6.45) is 6.54. The third-order valence-corrected chi connectivity index (χ3v) is 5.39. The molecule has 0 saturated carbocycles. The molecule has 5 aromatic rings. The van der Waals surface area contributed by atoms with E-state index in [1.807, 2.05) is 24.3 Å². The average Bonchev–Trinajstić information content (AvgIpc) is 3.53. The van der Waals surface area contributed by atoms with Crippen LogP contribution in [0.5, 0.6) is 0 Å². The number of imidazole rings is 1. The summed E-state index contributed by atoms with van der Waals surface area (Å²) >= 11 is 5.87. The Balaban J connectivity index is 1.21. The summed E-state index contributed by atoms with van der Waals surface area (Å²) in [6, 6.07) is 16.2. The number of fused-ring (bicyclic) bond motifs is 1. The second-order valence-electron chi connectivity index (χ2n) is 7.65. The van der Waals surface area contributed by atoms with E-state index in [1.54, 1.807) is 53.3 Å². The maximum atomic E-state index is 12.7. The maximum Gasteiger partial charge on any atom is 0.272 e. The summed E-state index contributed by atoms with van der Waals surface area (Å²) in [4.78, 5) is 35.0. The fraction of sp³-hybridized carbons (Fsp3) is 0.0833. The molecule has 11 heteroatoms. The second kappa shape index (κ2) is 9.74. The molecule has 0 aliphatic rings. The van der Waals surface area contributed by atoms with Gasteiger partial charge in [-0.15, -0.1) is 0 Å². The molecule has 0 fully saturated rings. The van der Waals surface area contributed by atoms with Gasteiger partial charge in [0.15, 0.2) is 5.69 Å². The minimum absolute atomic E-state index is 0.0929. The van der Waals surface area contributed by atoms with Gasteiger partial charge in [0.1, 0.15) is 11.5 Å². The monoisotopic (exact) mass is 486 g/mol. The molecule has 0 aliphatic carbocycles. The first-order valence-electron chi connectivity index (χ1n) is 10.7.